The minimum atomic E-state index is -0.0994. The first kappa shape index (κ1) is 23.4. The first-order valence-electron chi connectivity index (χ1n) is 10.8. The average Bonchev–Trinajstić information content (AvgIpc) is 3.42. The maximum Gasteiger partial charge on any atom is 0.291 e. The van der Waals surface area contributed by atoms with Gasteiger partial charge in [0.15, 0.2) is 0 Å². The molecule has 1 fully saturated rings. The van der Waals surface area contributed by atoms with Crippen molar-refractivity contribution >= 4 is 51.9 Å². The molecule has 1 amide bonds. The van der Waals surface area contributed by atoms with Gasteiger partial charge in [0.2, 0.25) is 0 Å². The first-order chi connectivity index (χ1) is 17.0. The molecule has 0 unspecified atom stereocenters. The average molecular weight is 518 g/mol. The van der Waals surface area contributed by atoms with Gasteiger partial charge in [-0.3, -0.25) is 9.69 Å². The highest BCUT2D eigenvalue weighted by Crippen LogP contribution is 2.36. The number of thioether (sulfide) groups is 1. The van der Waals surface area contributed by atoms with Crippen molar-refractivity contribution in [2.75, 3.05) is 7.11 Å². The van der Waals surface area contributed by atoms with E-state index in [-0.39, 0.29) is 5.24 Å². The van der Waals surface area contributed by atoms with E-state index in [1.54, 1.807) is 12.0 Å². The van der Waals surface area contributed by atoms with Gasteiger partial charge in [0, 0.05) is 22.3 Å². The van der Waals surface area contributed by atoms with Crippen LogP contribution < -0.4 is 4.74 Å². The normalized spacial score (nSPS) is 14.7. The SMILES string of the molecule is COc1ccc(-c2nn(-c3ccccc3)cc2/C=C2/SC(=O)N(Cc3ccc(Cl)cc3)C2=S)cc1. The molecule has 1 aliphatic rings. The largest absolute Gasteiger partial charge is 0.497 e. The molecule has 174 valence electrons. The lowest BCUT2D eigenvalue weighted by Crippen LogP contribution is -2.26. The monoisotopic (exact) mass is 517 g/mol. The Balaban J connectivity index is 1.51. The number of halogens is 1. The van der Waals surface area contributed by atoms with Crippen molar-refractivity contribution in [1.29, 1.82) is 0 Å². The second-order valence-corrected chi connectivity index (χ2v) is 9.65. The molecule has 0 atom stereocenters. The van der Waals surface area contributed by atoms with E-state index in [1.807, 2.05) is 95.8 Å². The summed E-state index contributed by atoms with van der Waals surface area (Å²) in [6.45, 7) is 0.397. The molecule has 35 heavy (non-hydrogen) atoms. The summed E-state index contributed by atoms with van der Waals surface area (Å²) < 4.78 is 7.14. The zero-order valence-electron chi connectivity index (χ0n) is 18.7. The Morgan fingerprint density at radius 3 is 2.43 bits per heavy atom. The van der Waals surface area contributed by atoms with Crippen LogP contribution in [0.2, 0.25) is 5.02 Å². The number of rotatable bonds is 6. The van der Waals surface area contributed by atoms with Gasteiger partial charge in [0.25, 0.3) is 5.24 Å². The van der Waals surface area contributed by atoms with Gasteiger partial charge in [-0.2, -0.15) is 5.10 Å². The lowest BCUT2D eigenvalue weighted by molar-refractivity contribution is 0.244. The number of para-hydroxylation sites is 1. The zero-order valence-corrected chi connectivity index (χ0v) is 21.1. The number of methoxy groups -OCH3 is 1. The molecule has 0 bridgehead atoms. The summed E-state index contributed by atoms with van der Waals surface area (Å²) in [4.78, 5) is 15.6. The number of carbonyl (C=O) groups is 1. The van der Waals surface area contributed by atoms with Gasteiger partial charge in [0.05, 0.1) is 29.9 Å². The number of thiocarbonyl (C=S) groups is 1. The van der Waals surface area contributed by atoms with E-state index in [0.717, 1.165) is 50.5 Å². The van der Waals surface area contributed by atoms with Crippen molar-refractivity contribution < 1.29 is 9.53 Å². The van der Waals surface area contributed by atoms with Crippen LogP contribution >= 0.6 is 35.6 Å². The quantitative estimate of drug-likeness (QED) is 0.199. The van der Waals surface area contributed by atoms with E-state index in [1.165, 1.54) is 0 Å². The standard InChI is InChI=1S/C27H20ClN3O2S2/c1-33-23-13-9-19(10-14-23)25-20(17-31(29-25)22-5-3-2-4-6-22)15-24-26(34)30(27(32)35-24)16-18-7-11-21(28)12-8-18/h2-15,17H,16H2,1H3/b24-15+. The van der Waals surface area contributed by atoms with E-state index in [0.29, 0.717) is 16.6 Å². The molecule has 8 heteroatoms. The van der Waals surface area contributed by atoms with Crippen LogP contribution in [0.4, 0.5) is 4.79 Å². The van der Waals surface area contributed by atoms with Gasteiger partial charge in [-0.25, -0.2) is 4.68 Å². The smallest absolute Gasteiger partial charge is 0.291 e. The first-order valence-corrected chi connectivity index (χ1v) is 12.4. The molecule has 1 aromatic heterocycles. The highest BCUT2D eigenvalue weighted by molar-refractivity contribution is 8.19. The van der Waals surface area contributed by atoms with E-state index >= 15 is 0 Å². The summed E-state index contributed by atoms with van der Waals surface area (Å²) in [7, 11) is 1.64. The molecular weight excluding hydrogens is 498 g/mol. The second-order valence-electron chi connectivity index (χ2n) is 7.84. The highest BCUT2D eigenvalue weighted by Gasteiger charge is 2.32. The predicted molar refractivity (Wildman–Crippen MR) is 146 cm³/mol. The van der Waals surface area contributed by atoms with Gasteiger partial charge in [0.1, 0.15) is 10.7 Å². The summed E-state index contributed by atoms with van der Waals surface area (Å²) in [6.07, 6.45) is 3.90. The highest BCUT2D eigenvalue weighted by atomic mass is 35.5. The molecule has 0 spiro atoms. The van der Waals surface area contributed by atoms with Crippen molar-refractivity contribution in [3.05, 3.63) is 106 Å². The third-order valence-electron chi connectivity index (χ3n) is 5.54. The van der Waals surface area contributed by atoms with Gasteiger partial charge in [-0.1, -0.05) is 54.2 Å². The Labute approximate surface area is 218 Å². The van der Waals surface area contributed by atoms with E-state index in [2.05, 4.69) is 0 Å². The van der Waals surface area contributed by atoms with Crippen LogP contribution in [0.5, 0.6) is 5.75 Å². The Hall–Kier alpha value is -3.39. The number of ether oxygens (including phenoxy) is 1. The summed E-state index contributed by atoms with van der Waals surface area (Å²) >= 11 is 12.8. The topological polar surface area (TPSA) is 47.4 Å². The van der Waals surface area contributed by atoms with Crippen molar-refractivity contribution in [3.63, 3.8) is 0 Å². The van der Waals surface area contributed by atoms with Gasteiger partial charge < -0.3 is 4.74 Å². The van der Waals surface area contributed by atoms with Crippen molar-refractivity contribution in [3.8, 4) is 22.7 Å². The third kappa shape index (κ3) is 5.03. The second kappa shape index (κ2) is 10.1. The lowest BCUT2D eigenvalue weighted by Gasteiger charge is -2.14. The third-order valence-corrected chi connectivity index (χ3v) is 7.29. The van der Waals surface area contributed by atoms with Gasteiger partial charge >= 0.3 is 0 Å². The number of benzene rings is 3. The number of aromatic nitrogens is 2. The number of hydrogen-bond acceptors (Lipinski definition) is 5. The predicted octanol–water partition coefficient (Wildman–Crippen LogP) is 7.24. The van der Waals surface area contributed by atoms with Crippen LogP contribution in [-0.2, 0) is 6.54 Å². The number of hydrogen-bond donors (Lipinski definition) is 0. The molecule has 0 N–H and O–H groups in total. The molecule has 0 saturated carbocycles. The van der Waals surface area contributed by atoms with Crippen LogP contribution in [0, 0.1) is 0 Å². The number of amides is 1. The van der Waals surface area contributed by atoms with Crippen molar-refractivity contribution in [1.82, 2.24) is 14.7 Å². The summed E-state index contributed by atoms with van der Waals surface area (Å²) in [5.41, 5.74) is 4.49. The lowest BCUT2D eigenvalue weighted by atomic mass is 10.1. The summed E-state index contributed by atoms with van der Waals surface area (Å²) in [5, 5.41) is 5.41. The van der Waals surface area contributed by atoms with Gasteiger partial charge in [-0.15, -0.1) is 0 Å². The molecule has 4 aromatic rings. The van der Waals surface area contributed by atoms with E-state index < -0.39 is 0 Å². The minimum Gasteiger partial charge on any atom is -0.497 e. The molecule has 1 saturated heterocycles. The molecule has 2 heterocycles. The number of nitrogens with zero attached hydrogens (tertiary/aromatic N) is 3. The van der Waals surface area contributed by atoms with Gasteiger partial charge in [-0.05, 0) is 71.9 Å². The maximum atomic E-state index is 12.8. The Morgan fingerprint density at radius 2 is 1.74 bits per heavy atom. The zero-order chi connectivity index (χ0) is 24.4. The van der Waals surface area contributed by atoms with Crippen LogP contribution in [0.15, 0.2) is 90.0 Å². The molecule has 1 aliphatic heterocycles. The van der Waals surface area contributed by atoms with Crippen molar-refractivity contribution in [2.45, 2.75) is 6.54 Å². The summed E-state index contributed by atoms with van der Waals surface area (Å²) in [6, 6.07) is 25.1. The molecule has 5 nitrogen and oxygen atoms in total. The van der Waals surface area contributed by atoms with Crippen LogP contribution in [0.3, 0.4) is 0 Å². The molecule has 3 aromatic carbocycles. The summed E-state index contributed by atoms with van der Waals surface area (Å²) in [5.74, 6) is 0.770. The fourth-order valence-electron chi connectivity index (χ4n) is 3.73. The van der Waals surface area contributed by atoms with Crippen molar-refractivity contribution in [2.24, 2.45) is 0 Å². The van der Waals surface area contributed by atoms with Crippen LogP contribution in [0.25, 0.3) is 23.0 Å². The van der Waals surface area contributed by atoms with Crippen LogP contribution in [0.1, 0.15) is 11.1 Å². The minimum absolute atomic E-state index is 0.0994. The fourth-order valence-corrected chi connectivity index (χ4v) is 5.08. The Bertz CT molecular complexity index is 1420. The number of carbonyl (C=O) groups excluding carboxylic acids is 1. The molecule has 5 rings (SSSR count). The van der Waals surface area contributed by atoms with E-state index in [4.69, 9.17) is 33.7 Å². The molecule has 0 radical (unpaired) electrons. The Kier molecular flexibility index (Phi) is 6.72. The molecule has 0 aliphatic carbocycles. The Morgan fingerprint density at radius 1 is 1.03 bits per heavy atom. The van der Waals surface area contributed by atoms with E-state index in [9.17, 15) is 4.79 Å². The fraction of sp³-hybridized carbons (Fsp3) is 0.0741. The molecular formula is C27H20ClN3O2S2. The maximum absolute atomic E-state index is 12.8. The van der Waals surface area contributed by atoms with Crippen LogP contribution in [-0.4, -0.2) is 32.0 Å².